The molecule has 0 spiro atoms. The van der Waals surface area contributed by atoms with Gasteiger partial charge in [-0.2, -0.15) is 0 Å². The molecule has 0 aliphatic rings. The molecule has 0 heterocycles. The molecular weight excluding hydrogens is 253 g/mol. The fourth-order valence-corrected chi connectivity index (χ4v) is 2.36. The van der Waals surface area contributed by atoms with E-state index in [1.807, 2.05) is 44.2 Å². The van der Waals surface area contributed by atoms with Gasteiger partial charge in [-0.1, -0.05) is 37.3 Å². The van der Waals surface area contributed by atoms with Crippen LogP contribution in [0, 0.1) is 12.7 Å². The first-order valence-corrected chi connectivity index (χ1v) is 6.82. The average Bonchev–Trinajstić information content (AvgIpc) is 2.47. The van der Waals surface area contributed by atoms with Crippen LogP contribution in [0.2, 0.25) is 0 Å². The topological polar surface area (TPSA) is 32.3 Å². The van der Waals surface area contributed by atoms with Gasteiger partial charge < -0.3 is 10.4 Å². The van der Waals surface area contributed by atoms with E-state index in [2.05, 4.69) is 5.32 Å². The molecule has 2 nitrogen and oxygen atoms in total. The highest BCUT2D eigenvalue weighted by molar-refractivity contribution is 5.53. The lowest BCUT2D eigenvalue weighted by molar-refractivity contribution is 0.207. The van der Waals surface area contributed by atoms with Gasteiger partial charge in [-0.15, -0.1) is 0 Å². The summed E-state index contributed by atoms with van der Waals surface area (Å²) >= 11 is 0. The maximum absolute atomic E-state index is 13.5. The highest BCUT2D eigenvalue weighted by Gasteiger charge is 2.30. The van der Waals surface area contributed by atoms with Crippen molar-refractivity contribution >= 4 is 5.69 Å². The van der Waals surface area contributed by atoms with Crippen molar-refractivity contribution in [2.45, 2.75) is 25.8 Å². The SMILES string of the molecule is CCC(CO)(Nc1ccccc1C)c1cccc(F)c1. The van der Waals surface area contributed by atoms with Crippen LogP contribution in [0.3, 0.4) is 0 Å². The minimum absolute atomic E-state index is 0.0959. The maximum atomic E-state index is 13.5. The summed E-state index contributed by atoms with van der Waals surface area (Å²) in [7, 11) is 0. The second-order valence-electron chi connectivity index (χ2n) is 5.04. The molecule has 106 valence electrons. The molecule has 2 N–H and O–H groups in total. The quantitative estimate of drug-likeness (QED) is 0.867. The first-order chi connectivity index (χ1) is 9.61. The van der Waals surface area contributed by atoms with E-state index >= 15 is 0 Å². The Morgan fingerprint density at radius 3 is 2.50 bits per heavy atom. The van der Waals surface area contributed by atoms with Gasteiger partial charge in [-0.25, -0.2) is 4.39 Å². The molecule has 0 radical (unpaired) electrons. The number of aryl methyl sites for hydroxylation is 1. The number of para-hydroxylation sites is 1. The number of benzene rings is 2. The summed E-state index contributed by atoms with van der Waals surface area (Å²) < 4.78 is 13.5. The van der Waals surface area contributed by atoms with Gasteiger partial charge in [0.25, 0.3) is 0 Å². The number of rotatable bonds is 5. The van der Waals surface area contributed by atoms with E-state index in [4.69, 9.17) is 0 Å². The van der Waals surface area contributed by atoms with Crippen LogP contribution >= 0.6 is 0 Å². The molecule has 0 fully saturated rings. The molecule has 2 rings (SSSR count). The minimum Gasteiger partial charge on any atom is -0.394 e. The van der Waals surface area contributed by atoms with E-state index in [0.29, 0.717) is 6.42 Å². The lowest BCUT2D eigenvalue weighted by atomic mass is 9.87. The average molecular weight is 273 g/mol. The third kappa shape index (κ3) is 2.83. The van der Waals surface area contributed by atoms with Gasteiger partial charge in [-0.3, -0.25) is 0 Å². The van der Waals surface area contributed by atoms with Gasteiger partial charge >= 0.3 is 0 Å². The molecule has 1 atom stereocenters. The minimum atomic E-state index is -0.672. The summed E-state index contributed by atoms with van der Waals surface area (Å²) in [6.45, 7) is 3.89. The Morgan fingerprint density at radius 2 is 1.90 bits per heavy atom. The Kier molecular flexibility index (Phi) is 4.40. The van der Waals surface area contributed by atoms with Crippen molar-refractivity contribution in [2.24, 2.45) is 0 Å². The molecule has 0 saturated carbocycles. The lowest BCUT2D eigenvalue weighted by Gasteiger charge is -2.34. The number of anilines is 1. The summed E-state index contributed by atoms with van der Waals surface area (Å²) in [5.41, 5.74) is 2.13. The molecular formula is C17H20FNO. The fourth-order valence-electron chi connectivity index (χ4n) is 2.36. The van der Waals surface area contributed by atoms with Crippen molar-refractivity contribution in [3.8, 4) is 0 Å². The zero-order valence-corrected chi connectivity index (χ0v) is 11.9. The second kappa shape index (κ2) is 6.06. The Morgan fingerprint density at radius 1 is 1.15 bits per heavy atom. The molecule has 2 aromatic rings. The van der Waals surface area contributed by atoms with Gasteiger partial charge in [0, 0.05) is 5.69 Å². The fraction of sp³-hybridized carbons (Fsp3) is 0.294. The smallest absolute Gasteiger partial charge is 0.123 e. The van der Waals surface area contributed by atoms with Crippen molar-refractivity contribution in [2.75, 3.05) is 11.9 Å². The van der Waals surface area contributed by atoms with Crippen molar-refractivity contribution < 1.29 is 9.50 Å². The monoisotopic (exact) mass is 273 g/mol. The van der Waals surface area contributed by atoms with Crippen LogP contribution in [0.25, 0.3) is 0 Å². The number of nitrogens with one attached hydrogen (secondary N) is 1. The molecule has 3 heteroatoms. The largest absolute Gasteiger partial charge is 0.394 e. The predicted octanol–water partition coefficient (Wildman–Crippen LogP) is 3.84. The Labute approximate surface area is 119 Å². The normalized spacial score (nSPS) is 13.8. The van der Waals surface area contributed by atoms with Gasteiger partial charge in [0.15, 0.2) is 0 Å². The highest BCUT2D eigenvalue weighted by Crippen LogP contribution is 2.31. The summed E-state index contributed by atoms with van der Waals surface area (Å²) in [4.78, 5) is 0. The summed E-state index contributed by atoms with van der Waals surface area (Å²) in [6, 6.07) is 14.3. The third-order valence-corrected chi connectivity index (χ3v) is 3.77. The Hall–Kier alpha value is -1.87. The molecule has 0 aromatic heterocycles. The van der Waals surface area contributed by atoms with E-state index in [-0.39, 0.29) is 12.4 Å². The Bertz CT molecular complexity index is 579. The maximum Gasteiger partial charge on any atom is 0.123 e. The van der Waals surface area contributed by atoms with Gasteiger partial charge in [0.05, 0.1) is 12.1 Å². The summed E-state index contributed by atoms with van der Waals surface area (Å²) in [5.74, 6) is -0.291. The molecule has 1 unspecified atom stereocenters. The summed E-state index contributed by atoms with van der Waals surface area (Å²) in [5, 5.41) is 13.3. The molecule has 0 saturated heterocycles. The zero-order chi connectivity index (χ0) is 14.6. The van der Waals surface area contributed by atoms with Gasteiger partial charge in [0.1, 0.15) is 5.82 Å². The standard InChI is InChI=1S/C17H20FNO/c1-3-17(12-20,14-8-6-9-15(18)11-14)19-16-10-5-4-7-13(16)2/h4-11,19-20H,3,12H2,1-2H3. The molecule has 2 aromatic carbocycles. The first-order valence-electron chi connectivity index (χ1n) is 6.82. The zero-order valence-electron chi connectivity index (χ0n) is 11.9. The summed E-state index contributed by atoms with van der Waals surface area (Å²) in [6.07, 6.45) is 0.654. The van der Waals surface area contributed by atoms with E-state index in [1.165, 1.54) is 12.1 Å². The van der Waals surface area contributed by atoms with Crippen LogP contribution in [0.15, 0.2) is 48.5 Å². The van der Waals surface area contributed by atoms with Crippen LogP contribution in [0.5, 0.6) is 0 Å². The van der Waals surface area contributed by atoms with Crippen LogP contribution in [0.4, 0.5) is 10.1 Å². The Balaban J connectivity index is 2.42. The van der Waals surface area contributed by atoms with E-state index < -0.39 is 5.54 Å². The molecule has 0 aliphatic heterocycles. The highest BCUT2D eigenvalue weighted by atomic mass is 19.1. The third-order valence-electron chi connectivity index (χ3n) is 3.77. The molecule has 0 aliphatic carbocycles. The number of aliphatic hydroxyl groups is 1. The van der Waals surface area contributed by atoms with Gasteiger partial charge in [-0.05, 0) is 42.7 Å². The van der Waals surface area contributed by atoms with E-state index in [1.54, 1.807) is 6.07 Å². The van der Waals surface area contributed by atoms with Crippen molar-refractivity contribution in [3.05, 3.63) is 65.5 Å². The van der Waals surface area contributed by atoms with E-state index in [0.717, 1.165) is 16.8 Å². The van der Waals surface area contributed by atoms with Crippen molar-refractivity contribution in [1.82, 2.24) is 0 Å². The lowest BCUT2D eigenvalue weighted by Crippen LogP contribution is -2.39. The number of hydrogen-bond donors (Lipinski definition) is 2. The van der Waals surface area contributed by atoms with Gasteiger partial charge in [0.2, 0.25) is 0 Å². The molecule has 20 heavy (non-hydrogen) atoms. The van der Waals surface area contributed by atoms with Crippen LogP contribution in [0.1, 0.15) is 24.5 Å². The van der Waals surface area contributed by atoms with Crippen molar-refractivity contribution in [3.63, 3.8) is 0 Å². The second-order valence-corrected chi connectivity index (χ2v) is 5.04. The van der Waals surface area contributed by atoms with Crippen LogP contribution < -0.4 is 5.32 Å². The van der Waals surface area contributed by atoms with Crippen LogP contribution in [-0.4, -0.2) is 11.7 Å². The first kappa shape index (κ1) is 14.5. The van der Waals surface area contributed by atoms with E-state index in [9.17, 15) is 9.50 Å². The molecule has 0 bridgehead atoms. The number of aliphatic hydroxyl groups excluding tert-OH is 1. The van der Waals surface area contributed by atoms with Crippen molar-refractivity contribution in [1.29, 1.82) is 0 Å². The number of hydrogen-bond acceptors (Lipinski definition) is 2. The number of halogens is 1. The predicted molar refractivity (Wildman–Crippen MR) is 80.3 cm³/mol. The van der Waals surface area contributed by atoms with Crippen LogP contribution in [-0.2, 0) is 5.54 Å². The molecule has 0 amide bonds.